The van der Waals surface area contributed by atoms with Gasteiger partial charge in [-0.1, -0.05) is 11.6 Å². The summed E-state index contributed by atoms with van der Waals surface area (Å²) >= 11 is 5.79. The second-order valence-electron chi connectivity index (χ2n) is 7.95. The summed E-state index contributed by atoms with van der Waals surface area (Å²) in [6.07, 6.45) is 2.39. The highest BCUT2D eigenvalue weighted by atomic mass is 35.5. The number of hydrogen-bond donors (Lipinski definition) is 1. The van der Waals surface area contributed by atoms with E-state index in [4.69, 9.17) is 11.6 Å². The number of hydrogen-bond acceptors (Lipinski definition) is 4. The Morgan fingerprint density at radius 3 is 2.50 bits per heavy atom. The molecule has 1 aromatic carbocycles. The van der Waals surface area contributed by atoms with E-state index in [1.165, 1.54) is 17.2 Å². The molecule has 0 saturated carbocycles. The highest BCUT2D eigenvalue weighted by molar-refractivity contribution is 6.30. The van der Waals surface area contributed by atoms with Crippen molar-refractivity contribution in [3.05, 3.63) is 53.2 Å². The molecule has 0 spiro atoms. The second kappa shape index (κ2) is 9.20. The fourth-order valence-corrected chi connectivity index (χ4v) is 4.22. The molecule has 0 aliphatic carbocycles. The number of nitrogens with one attached hydrogen (secondary N) is 1. The average molecular weight is 463 g/mol. The molecule has 4 rings (SSSR count). The number of nitrogens with zero attached hydrogens (tertiary/aromatic N) is 3. The van der Waals surface area contributed by atoms with Gasteiger partial charge in [-0.15, -0.1) is 0 Å². The number of benzene rings is 1. The third kappa shape index (κ3) is 4.72. The lowest BCUT2D eigenvalue weighted by molar-refractivity contribution is -0.138. The van der Waals surface area contributed by atoms with E-state index < -0.39 is 17.6 Å². The highest BCUT2D eigenvalue weighted by Crippen LogP contribution is 2.30. The summed E-state index contributed by atoms with van der Waals surface area (Å²) in [6, 6.07) is 6.25. The summed E-state index contributed by atoms with van der Waals surface area (Å²) in [5, 5.41) is 3.22. The minimum Gasteiger partial charge on any atom is -0.342 e. The number of amides is 3. The number of carbonyl (C=O) groups excluding carboxylic acids is 3. The van der Waals surface area contributed by atoms with E-state index in [0.717, 1.165) is 6.07 Å². The molecular formula is C22H21ClF2N4O3. The van der Waals surface area contributed by atoms with E-state index in [1.807, 2.05) is 0 Å². The Bertz CT molecular complexity index is 1040. The van der Waals surface area contributed by atoms with Crippen molar-refractivity contribution in [2.45, 2.75) is 19.3 Å². The van der Waals surface area contributed by atoms with Crippen LogP contribution >= 0.6 is 11.6 Å². The molecule has 0 bridgehead atoms. The monoisotopic (exact) mass is 462 g/mol. The Balaban J connectivity index is 1.32. The molecule has 3 heterocycles. The Kier molecular flexibility index (Phi) is 6.36. The van der Waals surface area contributed by atoms with Gasteiger partial charge in [-0.3, -0.25) is 14.4 Å². The molecule has 7 nitrogen and oxygen atoms in total. The predicted molar refractivity (Wildman–Crippen MR) is 114 cm³/mol. The Morgan fingerprint density at radius 2 is 1.84 bits per heavy atom. The van der Waals surface area contributed by atoms with Gasteiger partial charge in [-0.05, 0) is 37.1 Å². The summed E-state index contributed by atoms with van der Waals surface area (Å²) in [4.78, 5) is 44.7. The number of halogens is 3. The van der Waals surface area contributed by atoms with Crippen LogP contribution in [0.4, 0.5) is 20.3 Å². The van der Waals surface area contributed by atoms with E-state index in [-0.39, 0.29) is 42.3 Å². The highest BCUT2D eigenvalue weighted by Gasteiger charge is 2.39. The molecule has 1 aromatic heterocycles. The maximum Gasteiger partial charge on any atom is 0.228 e. The number of pyridine rings is 1. The first-order valence-electron chi connectivity index (χ1n) is 10.3. The van der Waals surface area contributed by atoms with Gasteiger partial charge in [0.2, 0.25) is 17.7 Å². The van der Waals surface area contributed by atoms with Gasteiger partial charge in [0.15, 0.2) is 0 Å². The molecule has 10 heteroatoms. The standard InChI is InChI=1S/C22H21ClF2N4O3/c23-15-1-4-19(26-11-15)27-21(31)13-5-7-28(8-6-13)22(32)14-9-20(30)29(12-14)18-3-2-16(24)10-17(18)25/h1-4,10-11,13-14H,5-9,12H2,(H,26,27,31). The molecule has 2 aromatic rings. The van der Waals surface area contributed by atoms with Crippen LogP contribution in [0.5, 0.6) is 0 Å². The smallest absolute Gasteiger partial charge is 0.228 e. The van der Waals surface area contributed by atoms with Crippen molar-refractivity contribution in [2.75, 3.05) is 29.9 Å². The first-order chi connectivity index (χ1) is 15.3. The third-order valence-corrected chi connectivity index (χ3v) is 6.05. The summed E-state index contributed by atoms with van der Waals surface area (Å²) in [6.45, 7) is 0.823. The lowest BCUT2D eigenvalue weighted by atomic mass is 9.94. The quantitative estimate of drug-likeness (QED) is 0.756. The van der Waals surface area contributed by atoms with Gasteiger partial charge in [0, 0.05) is 44.2 Å². The Morgan fingerprint density at radius 1 is 1.09 bits per heavy atom. The molecule has 32 heavy (non-hydrogen) atoms. The van der Waals surface area contributed by atoms with E-state index in [2.05, 4.69) is 10.3 Å². The van der Waals surface area contributed by atoms with Gasteiger partial charge in [0.05, 0.1) is 16.6 Å². The minimum absolute atomic E-state index is 0.0295. The molecule has 2 aliphatic heterocycles. The lowest BCUT2D eigenvalue weighted by Gasteiger charge is -2.32. The molecule has 0 radical (unpaired) electrons. The van der Waals surface area contributed by atoms with Crippen LogP contribution in [-0.4, -0.2) is 47.2 Å². The lowest BCUT2D eigenvalue weighted by Crippen LogP contribution is -2.44. The first-order valence-corrected chi connectivity index (χ1v) is 10.7. The van der Waals surface area contributed by atoms with Crippen LogP contribution in [0.3, 0.4) is 0 Å². The van der Waals surface area contributed by atoms with Crippen LogP contribution in [0, 0.1) is 23.5 Å². The summed E-state index contributed by atoms with van der Waals surface area (Å²) < 4.78 is 27.2. The van der Waals surface area contributed by atoms with E-state index >= 15 is 0 Å². The summed E-state index contributed by atoms with van der Waals surface area (Å²) in [7, 11) is 0. The van der Waals surface area contributed by atoms with Crippen LogP contribution in [0.2, 0.25) is 5.02 Å². The Hall–Kier alpha value is -3.07. The molecule has 1 N–H and O–H groups in total. The van der Waals surface area contributed by atoms with Crippen molar-refractivity contribution >= 4 is 40.8 Å². The zero-order valence-corrected chi connectivity index (χ0v) is 17.8. The zero-order chi connectivity index (χ0) is 22.8. The maximum atomic E-state index is 14.1. The largest absolute Gasteiger partial charge is 0.342 e. The van der Waals surface area contributed by atoms with Crippen LogP contribution in [0.1, 0.15) is 19.3 Å². The van der Waals surface area contributed by atoms with Crippen LogP contribution in [-0.2, 0) is 14.4 Å². The van der Waals surface area contributed by atoms with Crippen LogP contribution in [0.25, 0.3) is 0 Å². The van der Waals surface area contributed by atoms with Gasteiger partial charge in [0.25, 0.3) is 0 Å². The average Bonchev–Trinajstić information content (AvgIpc) is 3.16. The van der Waals surface area contributed by atoms with Gasteiger partial charge in [-0.25, -0.2) is 13.8 Å². The van der Waals surface area contributed by atoms with E-state index in [0.29, 0.717) is 42.8 Å². The molecule has 2 saturated heterocycles. The molecule has 2 fully saturated rings. The second-order valence-corrected chi connectivity index (χ2v) is 8.39. The van der Waals surface area contributed by atoms with E-state index in [9.17, 15) is 23.2 Å². The molecule has 2 aliphatic rings. The van der Waals surface area contributed by atoms with Gasteiger partial charge in [0.1, 0.15) is 17.5 Å². The maximum absolute atomic E-state index is 14.1. The van der Waals surface area contributed by atoms with E-state index in [1.54, 1.807) is 17.0 Å². The SMILES string of the molecule is O=C(Nc1ccc(Cl)cn1)C1CCN(C(=O)C2CC(=O)N(c3ccc(F)cc3F)C2)CC1. The van der Waals surface area contributed by atoms with Crippen molar-refractivity contribution in [3.63, 3.8) is 0 Å². The van der Waals surface area contributed by atoms with Gasteiger partial charge < -0.3 is 15.1 Å². The van der Waals surface area contributed by atoms with Crippen molar-refractivity contribution in [1.29, 1.82) is 0 Å². The predicted octanol–water partition coefficient (Wildman–Crippen LogP) is 3.24. The topological polar surface area (TPSA) is 82.6 Å². The molecule has 3 amide bonds. The zero-order valence-electron chi connectivity index (χ0n) is 17.1. The normalized spacial score (nSPS) is 19.3. The fourth-order valence-electron chi connectivity index (χ4n) is 4.10. The minimum atomic E-state index is -0.839. The fraction of sp³-hybridized carbons (Fsp3) is 0.364. The number of aromatic nitrogens is 1. The van der Waals surface area contributed by atoms with Gasteiger partial charge >= 0.3 is 0 Å². The molecule has 1 atom stereocenters. The first kappa shape index (κ1) is 22.1. The Labute approximate surface area is 188 Å². The van der Waals surface area contributed by atoms with Crippen molar-refractivity contribution in [2.24, 2.45) is 11.8 Å². The van der Waals surface area contributed by atoms with Gasteiger partial charge in [-0.2, -0.15) is 0 Å². The number of piperidine rings is 1. The van der Waals surface area contributed by atoms with Crippen molar-refractivity contribution < 1.29 is 23.2 Å². The molecule has 168 valence electrons. The molecular weight excluding hydrogens is 442 g/mol. The van der Waals surface area contributed by atoms with Crippen molar-refractivity contribution in [3.8, 4) is 0 Å². The van der Waals surface area contributed by atoms with Crippen LogP contribution < -0.4 is 10.2 Å². The summed E-state index contributed by atoms with van der Waals surface area (Å²) in [5.74, 6) is -2.75. The third-order valence-electron chi connectivity index (χ3n) is 5.83. The number of likely N-dealkylation sites (tertiary alicyclic amines) is 1. The van der Waals surface area contributed by atoms with Crippen LogP contribution in [0.15, 0.2) is 36.5 Å². The molecule has 1 unspecified atom stereocenters. The van der Waals surface area contributed by atoms with Crippen molar-refractivity contribution in [1.82, 2.24) is 9.88 Å². The number of rotatable bonds is 4. The number of carbonyl (C=O) groups is 3. The number of anilines is 2. The summed E-state index contributed by atoms with van der Waals surface area (Å²) in [5.41, 5.74) is -0.0297.